The van der Waals surface area contributed by atoms with Crippen molar-refractivity contribution in [3.8, 4) is 5.75 Å². The number of methoxy groups -OCH3 is 1. The molecule has 2 rings (SSSR count). The first-order valence-electron chi connectivity index (χ1n) is 8.50. The van der Waals surface area contributed by atoms with Gasteiger partial charge in [0, 0.05) is 23.0 Å². The Kier molecular flexibility index (Phi) is 6.78. The second-order valence-corrected chi connectivity index (χ2v) is 8.16. The Morgan fingerprint density at radius 3 is 2.36 bits per heavy atom. The first kappa shape index (κ1) is 22.6. The average molecular weight is 464 g/mol. The lowest BCUT2D eigenvalue weighted by Crippen LogP contribution is -2.59. The molecule has 0 aliphatic heterocycles. The van der Waals surface area contributed by atoms with Crippen LogP contribution in [0.25, 0.3) is 0 Å². The molecule has 0 saturated carbocycles. The molecule has 0 radical (unpaired) electrons. The summed E-state index contributed by atoms with van der Waals surface area (Å²) >= 11 is 3.26. The molecule has 3 nitrogen and oxygen atoms in total. The molecule has 0 amide bonds. The van der Waals surface area contributed by atoms with Crippen LogP contribution < -0.4 is 10.1 Å². The van der Waals surface area contributed by atoms with E-state index in [0.29, 0.717) is 10.0 Å². The minimum atomic E-state index is -4.95. The Balaban J connectivity index is 2.33. The van der Waals surface area contributed by atoms with E-state index in [1.165, 1.54) is 33.1 Å². The highest BCUT2D eigenvalue weighted by Gasteiger charge is 2.56. The predicted molar refractivity (Wildman–Crippen MR) is 103 cm³/mol. The van der Waals surface area contributed by atoms with Gasteiger partial charge >= 0.3 is 6.18 Å². The molecule has 2 N–H and O–H groups in total. The summed E-state index contributed by atoms with van der Waals surface area (Å²) in [5.74, 6) is -0.343. The summed E-state index contributed by atoms with van der Waals surface area (Å²) in [5, 5.41) is 12.8. The van der Waals surface area contributed by atoms with Gasteiger partial charge in [-0.1, -0.05) is 41.9 Å². The van der Waals surface area contributed by atoms with E-state index < -0.39 is 29.6 Å². The molecule has 0 aliphatic carbocycles. The van der Waals surface area contributed by atoms with Crippen molar-refractivity contribution in [1.82, 2.24) is 5.32 Å². The molecule has 0 fully saturated rings. The lowest BCUT2D eigenvalue weighted by Gasteiger charge is -2.39. The monoisotopic (exact) mass is 463 g/mol. The van der Waals surface area contributed by atoms with Gasteiger partial charge in [0.2, 0.25) is 5.72 Å². The second kappa shape index (κ2) is 8.39. The fraction of sp³-hybridized carbons (Fsp3) is 0.400. The van der Waals surface area contributed by atoms with Crippen molar-refractivity contribution in [2.24, 2.45) is 0 Å². The van der Waals surface area contributed by atoms with E-state index in [1.54, 1.807) is 24.3 Å². The van der Waals surface area contributed by atoms with Gasteiger partial charge in [-0.3, -0.25) is 5.32 Å². The van der Waals surface area contributed by atoms with Gasteiger partial charge in [0.05, 0.1) is 7.11 Å². The fourth-order valence-electron chi connectivity index (χ4n) is 3.10. The van der Waals surface area contributed by atoms with Gasteiger partial charge in [-0.15, -0.1) is 0 Å². The highest BCUT2D eigenvalue weighted by atomic mass is 79.9. The molecule has 2 aromatic rings. The Hall–Kier alpha value is -1.64. The van der Waals surface area contributed by atoms with Crippen molar-refractivity contribution in [3.05, 3.63) is 63.9 Å². The van der Waals surface area contributed by atoms with Crippen molar-refractivity contribution >= 4 is 15.9 Å². The van der Waals surface area contributed by atoms with Gasteiger partial charge in [-0.05, 0) is 41.3 Å². The Morgan fingerprint density at radius 1 is 1.11 bits per heavy atom. The molecule has 0 spiro atoms. The molecule has 28 heavy (non-hydrogen) atoms. The molecule has 1 unspecified atom stereocenters. The van der Waals surface area contributed by atoms with E-state index in [4.69, 9.17) is 4.74 Å². The summed E-state index contributed by atoms with van der Waals surface area (Å²) in [4.78, 5) is 0. The third-order valence-electron chi connectivity index (χ3n) is 4.53. The van der Waals surface area contributed by atoms with Crippen LogP contribution >= 0.6 is 15.9 Å². The number of aliphatic hydroxyl groups is 1. The van der Waals surface area contributed by atoms with E-state index >= 15 is 0 Å². The number of hydrogen-bond donors (Lipinski definition) is 2. The molecular formula is C20H22BrF4NO2. The smallest absolute Gasteiger partial charge is 0.431 e. The fourth-order valence-corrected chi connectivity index (χ4v) is 3.55. The third kappa shape index (κ3) is 5.24. The van der Waals surface area contributed by atoms with E-state index in [1.807, 2.05) is 0 Å². The summed E-state index contributed by atoms with van der Waals surface area (Å²) < 4.78 is 60.9. The van der Waals surface area contributed by atoms with Gasteiger partial charge < -0.3 is 9.84 Å². The maximum absolute atomic E-state index is 13.8. The molecule has 0 saturated heterocycles. The summed E-state index contributed by atoms with van der Waals surface area (Å²) in [6, 6.07) is 10.4. The van der Waals surface area contributed by atoms with Crippen LogP contribution in [-0.4, -0.2) is 24.1 Å². The van der Waals surface area contributed by atoms with Crippen LogP contribution in [0.5, 0.6) is 5.75 Å². The molecule has 154 valence electrons. The van der Waals surface area contributed by atoms with Gasteiger partial charge in [0.1, 0.15) is 11.6 Å². The average Bonchev–Trinajstić information content (AvgIpc) is 2.59. The highest BCUT2D eigenvalue weighted by Crippen LogP contribution is 2.42. The van der Waals surface area contributed by atoms with E-state index in [9.17, 15) is 22.7 Å². The maximum Gasteiger partial charge on any atom is 0.431 e. The Morgan fingerprint density at radius 2 is 1.79 bits per heavy atom. The van der Waals surface area contributed by atoms with Gasteiger partial charge in [0.15, 0.2) is 0 Å². The number of benzene rings is 2. The molecule has 2 aromatic carbocycles. The van der Waals surface area contributed by atoms with Crippen LogP contribution in [-0.2, 0) is 12.0 Å². The zero-order valence-electron chi connectivity index (χ0n) is 15.7. The SMILES string of the molecule is COc1ccc(F)cc1C(C)(C)CC(O)(NCc1cccc(Br)c1)C(F)(F)F. The summed E-state index contributed by atoms with van der Waals surface area (Å²) in [5.41, 5.74) is -3.63. The predicted octanol–water partition coefficient (Wildman–Crippen LogP) is 5.31. The number of rotatable bonds is 7. The van der Waals surface area contributed by atoms with Crippen molar-refractivity contribution in [3.63, 3.8) is 0 Å². The lowest BCUT2D eigenvalue weighted by atomic mass is 9.77. The molecule has 0 aliphatic rings. The number of hydrogen-bond acceptors (Lipinski definition) is 3. The third-order valence-corrected chi connectivity index (χ3v) is 5.02. The molecule has 1 atom stereocenters. The van der Waals surface area contributed by atoms with Crippen LogP contribution in [0.4, 0.5) is 17.6 Å². The minimum absolute atomic E-state index is 0.203. The molecule has 0 heterocycles. The van der Waals surface area contributed by atoms with Crippen LogP contribution in [0.2, 0.25) is 0 Å². The van der Waals surface area contributed by atoms with Gasteiger partial charge in [0.25, 0.3) is 0 Å². The van der Waals surface area contributed by atoms with Crippen molar-refractivity contribution in [1.29, 1.82) is 0 Å². The quantitative estimate of drug-likeness (QED) is 0.432. The van der Waals surface area contributed by atoms with Crippen molar-refractivity contribution in [2.45, 2.75) is 44.1 Å². The topological polar surface area (TPSA) is 41.5 Å². The standard InChI is InChI=1S/C20H22BrF4NO2/c1-18(2,16-10-15(22)7-8-17(16)28-3)12-19(27,20(23,24)25)26-11-13-5-4-6-14(21)9-13/h4-10,26-27H,11-12H2,1-3H3. The van der Waals surface area contributed by atoms with Crippen LogP contribution in [0.3, 0.4) is 0 Å². The lowest BCUT2D eigenvalue weighted by molar-refractivity contribution is -0.280. The number of halogens is 5. The normalized spacial score (nSPS) is 14.6. The Bertz CT molecular complexity index is 826. The van der Waals surface area contributed by atoms with Crippen LogP contribution in [0.1, 0.15) is 31.4 Å². The minimum Gasteiger partial charge on any atom is -0.496 e. The molecular weight excluding hydrogens is 442 g/mol. The van der Waals surface area contributed by atoms with Crippen molar-refractivity contribution in [2.75, 3.05) is 7.11 Å². The van der Waals surface area contributed by atoms with Crippen LogP contribution in [0.15, 0.2) is 46.9 Å². The highest BCUT2D eigenvalue weighted by molar-refractivity contribution is 9.10. The number of alkyl halides is 3. The zero-order chi connectivity index (χ0) is 21.2. The van der Waals surface area contributed by atoms with Crippen molar-refractivity contribution < 1.29 is 27.4 Å². The molecule has 8 heteroatoms. The number of nitrogens with one attached hydrogen (secondary N) is 1. The first-order chi connectivity index (χ1) is 12.9. The van der Waals surface area contributed by atoms with Gasteiger partial charge in [-0.25, -0.2) is 4.39 Å². The number of ether oxygens (including phenoxy) is 1. The Labute approximate surface area is 169 Å². The second-order valence-electron chi connectivity index (χ2n) is 7.25. The van der Waals surface area contributed by atoms with Crippen LogP contribution in [0, 0.1) is 5.82 Å². The van der Waals surface area contributed by atoms with E-state index in [2.05, 4.69) is 21.2 Å². The zero-order valence-corrected chi connectivity index (χ0v) is 17.3. The first-order valence-corrected chi connectivity index (χ1v) is 9.30. The maximum atomic E-state index is 13.8. The summed E-state index contributed by atoms with van der Waals surface area (Å²) in [6.45, 7) is 2.80. The largest absolute Gasteiger partial charge is 0.496 e. The van der Waals surface area contributed by atoms with E-state index in [-0.39, 0.29) is 17.9 Å². The molecule has 0 bridgehead atoms. The molecule has 0 aromatic heterocycles. The van der Waals surface area contributed by atoms with E-state index in [0.717, 1.165) is 6.07 Å². The summed E-state index contributed by atoms with van der Waals surface area (Å²) in [6.07, 6.45) is -5.69. The van der Waals surface area contributed by atoms with Gasteiger partial charge in [-0.2, -0.15) is 13.2 Å². The summed E-state index contributed by atoms with van der Waals surface area (Å²) in [7, 11) is 1.36.